The normalized spacial score (nSPS) is 20.0. The van der Waals surface area contributed by atoms with Crippen molar-refractivity contribution in [3.63, 3.8) is 0 Å². The Labute approximate surface area is 155 Å². The lowest BCUT2D eigenvalue weighted by Crippen LogP contribution is -2.46. The molecule has 0 aromatic heterocycles. The number of carbonyl (C=O) groups is 2. The Morgan fingerprint density at radius 1 is 1.35 bits per heavy atom. The number of benzene rings is 1. The van der Waals surface area contributed by atoms with Crippen molar-refractivity contribution in [1.29, 1.82) is 0 Å². The van der Waals surface area contributed by atoms with Crippen LogP contribution in [0.4, 0.5) is 5.69 Å². The number of nitrogens with one attached hydrogen (secondary N) is 1. The Balaban J connectivity index is 1.68. The highest BCUT2D eigenvalue weighted by atomic mass is 16.5. The van der Waals surface area contributed by atoms with Crippen LogP contribution in [-0.4, -0.2) is 56.0 Å². The molecule has 0 bridgehead atoms. The zero-order valence-electron chi connectivity index (χ0n) is 16.2. The molecular weight excluding hydrogens is 330 g/mol. The van der Waals surface area contributed by atoms with E-state index in [0.717, 1.165) is 37.1 Å². The number of hydrogen-bond donors (Lipinski definition) is 1. The first-order valence-electron chi connectivity index (χ1n) is 9.37. The standard InChI is InChI=1S/C20H29N3O3/c1-5-8-20(9-10-20)21-18(24)12-15-13-26-17-7-6-14(19(25)22(2)3)11-16(17)23(15)4/h6-7,11,15H,5,8-10,12-13H2,1-4H3,(H,21,24)/t15-/m0/s1. The smallest absolute Gasteiger partial charge is 0.253 e. The van der Waals surface area contributed by atoms with Crippen LogP contribution in [0.25, 0.3) is 0 Å². The molecule has 1 aromatic carbocycles. The van der Waals surface area contributed by atoms with E-state index in [-0.39, 0.29) is 23.4 Å². The summed E-state index contributed by atoms with van der Waals surface area (Å²) in [5.41, 5.74) is 1.52. The van der Waals surface area contributed by atoms with Gasteiger partial charge in [0.1, 0.15) is 12.4 Å². The maximum absolute atomic E-state index is 12.5. The van der Waals surface area contributed by atoms with Crippen molar-refractivity contribution >= 4 is 17.5 Å². The van der Waals surface area contributed by atoms with Crippen LogP contribution in [-0.2, 0) is 4.79 Å². The highest BCUT2D eigenvalue weighted by molar-refractivity contribution is 5.95. The number of anilines is 1. The van der Waals surface area contributed by atoms with Gasteiger partial charge in [-0.15, -0.1) is 0 Å². The van der Waals surface area contributed by atoms with Gasteiger partial charge in [-0.25, -0.2) is 0 Å². The molecule has 6 nitrogen and oxygen atoms in total. The summed E-state index contributed by atoms with van der Waals surface area (Å²) < 4.78 is 5.85. The van der Waals surface area contributed by atoms with Gasteiger partial charge in [-0.3, -0.25) is 9.59 Å². The van der Waals surface area contributed by atoms with Gasteiger partial charge < -0.3 is 19.9 Å². The van der Waals surface area contributed by atoms with Crippen molar-refractivity contribution in [2.24, 2.45) is 0 Å². The van der Waals surface area contributed by atoms with Gasteiger partial charge in [0.25, 0.3) is 5.91 Å². The Morgan fingerprint density at radius 3 is 2.69 bits per heavy atom. The van der Waals surface area contributed by atoms with E-state index in [2.05, 4.69) is 17.1 Å². The van der Waals surface area contributed by atoms with Gasteiger partial charge in [0.15, 0.2) is 0 Å². The van der Waals surface area contributed by atoms with E-state index >= 15 is 0 Å². The van der Waals surface area contributed by atoms with Gasteiger partial charge in [-0.05, 0) is 37.5 Å². The molecule has 142 valence electrons. The van der Waals surface area contributed by atoms with E-state index in [1.165, 1.54) is 0 Å². The van der Waals surface area contributed by atoms with E-state index in [4.69, 9.17) is 4.74 Å². The van der Waals surface area contributed by atoms with Gasteiger partial charge in [-0.2, -0.15) is 0 Å². The van der Waals surface area contributed by atoms with Crippen LogP contribution in [0.15, 0.2) is 18.2 Å². The van der Waals surface area contributed by atoms with Crippen LogP contribution < -0.4 is 15.0 Å². The molecule has 3 rings (SSSR count). The molecule has 1 aromatic rings. The monoisotopic (exact) mass is 359 g/mol. The predicted molar refractivity (Wildman–Crippen MR) is 102 cm³/mol. The number of amides is 2. The van der Waals surface area contributed by atoms with E-state index in [1.807, 2.05) is 19.2 Å². The minimum absolute atomic E-state index is 0.0374. The van der Waals surface area contributed by atoms with Crippen LogP contribution in [0.3, 0.4) is 0 Å². The van der Waals surface area contributed by atoms with Gasteiger partial charge in [0.2, 0.25) is 5.91 Å². The molecule has 1 aliphatic heterocycles. The van der Waals surface area contributed by atoms with Crippen LogP contribution in [0.1, 0.15) is 49.4 Å². The Kier molecular flexibility index (Phi) is 5.12. The molecule has 1 saturated carbocycles. The molecule has 1 N–H and O–H groups in total. The van der Waals surface area contributed by atoms with Gasteiger partial charge in [0, 0.05) is 32.2 Å². The molecule has 1 aliphatic carbocycles. The molecule has 2 amide bonds. The SMILES string of the molecule is CCCC1(NC(=O)C[C@H]2COc3ccc(C(=O)N(C)C)cc3N2C)CC1. The second kappa shape index (κ2) is 7.17. The highest BCUT2D eigenvalue weighted by Crippen LogP contribution is 2.40. The van der Waals surface area contributed by atoms with E-state index in [1.54, 1.807) is 25.1 Å². The summed E-state index contributed by atoms with van der Waals surface area (Å²) in [6.07, 6.45) is 4.70. The Bertz CT molecular complexity index is 698. The summed E-state index contributed by atoms with van der Waals surface area (Å²) in [4.78, 5) is 28.3. The molecule has 0 saturated heterocycles. The fourth-order valence-corrected chi connectivity index (χ4v) is 3.62. The molecule has 1 atom stereocenters. The minimum atomic E-state index is -0.0451. The molecule has 0 spiro atoms. The molecule has 26 heavy (non-hydrogen) atoms. The molecule has 1 heterocycles. The van der Waals surface area contributed by atoms with Gasteiger partial charge in [0.05, 0.1) is 18.2 Å². The Morgan fingerprint density at radius 2 is 2.08 bits per heavy atom. The molecule has 6 heteroatoms. The lowest BCUT2D eigenvalue weighted by Gasteiger charge is -2.36. The van der Waals surface area contributed by atoms with Gasteiger partial charge >= 0.3 is 0 Å². The van der Waals surface area contributed by atoms with Crippen LogP contribution in [0.5, 0.6) is 5.75 Å². The second-order valence-corrected chi connectivity index (χ2v) is 7.74. The summed E-state index contributed by atoms with van der Waals surface area (Å²) in [6, 6.07) is 5.43. The fraction of sp³-hybridized carbons (Fsp3) is 0.600. The summed E-state index contributed by atoms with van der Waals surface area (Å²) in [7, 11) is 5.43. The first kappa shape index (κ1) is 18.5. The summed E-state index contributed by atoms with van der Waals surface area (Å²) in [5.74, 6) is 0.792. The third-order valence-electron chi connectivity index (χ3n) is 5.38. The maximum Gasteiger partial charge on any atom is 0.253 e. The molecule has 0 radical (unpaired) electrons. The lowest BCUT2D eigenvalue weighted by atomic mass is 10.1. The lowest BCUT2D eigenvalue weighted by molar-refractivity contribution is -0.122. The van der Waals surface area contributed by atoms with Crippen molar-refractivity contribution in [2.75, 3.05) is 32.6 Å². The first-order valence-corrected chi connectivity index (χ1v) is 9.37. The van der Waals surface area contributed by atoms with Gasteiger partial charge in [-0.1, -0.05) is 13.3 Å². The number of fused-ring (bicyclic) bond motifs is 1. The van der Waals surface area contributed by atoms with Crippen LogP contribution in [0.2, 0.25) is 0 Å². The van der Waals surface area contributed by atoms with Crippen molar-refractivity contribution in [1.82, 2.24) is 10.2 Å². The summed E-state index contributed by atoms with van der Waals surface area (Å²) in [5, 5.41) is 3.22. The van der Waals surface area contributed by atoms with Crippen LogP contribution >= 0.6 is 0 Å². The Hall–Kier alpha value is -2.24. The fourth-order valence-electron chi connectivity index (χ4n) is 3.62. The predicted octanol–water partition coefficient (Wildman–Crippen LogP) is 2.42. The van der Waals surface area contributed by atoms with Crippen molar-refractivity contribution < 1.29 is 14.3 Å². The van der Waals surface area contributed by atoms with E-state index in [9.17, 15) is 9.59 Å². The number of hydrogen-bond acceptors (Lipinski definition) is 4. The number of rotatable bonds is 6. The molecule has 0 unspecified atom stereocenters. The number of ether oxygens (including phenoxy) is 1. The first-order chi connectivity index (χ1) is 12.3. The zero-order valence-corrected chi connectivity index (χ0v) is 16.2. The van der Waals surface area contributed by atoms with Crippen LogP contribution in [0, 0.1) is 0 Å². The molecule has 2 aliphatic rings. The quantitative estimate of drug-likeness (QED) is 0.847. The third-order valence-corrected chi connectivity index (χ3v) is 5.38. The number of carbonyl (C=O) groups excluding carboxylic acids is 2. The summed E-state index contributed by atoms with van der Waals surface area (Å²) in [6.45, 7) is 2.62. The zero-order chi connectivity index (χ0) is 18.9. The largest absolute Gasteiger partial charge is 0.489 e. The number of likely N-dealkylation sites (N-methyl/N-ethyl adjacent to an activating group) is 1. The number of nitrogens with zero attached hydrogens (tertiary/aromatic N) is 2. The van der Waals surface area contributed by atoms with E-state index < -0.39 is 0 Å². The third kappa shape index (κ3) is 3.79. The molecule has 1 fully saturated rings. The minimum Gasteiger partial charge on any atom is -0.489 e. The topological polar surface area (TPSA) is 61.9 Å². The van der Waals surface area contributed by atoms with E-state index in [0.29, 0.717) is 18.6 Å². The van der Waals surface area contributed by atoms with Crippen molar-refractivity contribution in [3.05, 3.63) is 23.8 Å². The molecular formula is C20H29N3O3. The second-order valence-electron chi connectivity index (χ2n) is 7.74. The maximum atomic E-state index is 12.5. The van der Waals surface area contributed by atoms with Crippen molar-refractivity contribution in [3.8, 4) is 5.75 Å². The summed E-state index contributed by atoms with van der Waals surface area (Å²) >= 11 is 0. The average Bonchev–Trinajstić information content (AvgIpc) is 3.35. The average molecular weight is 359 g/mol. The highest BCUT2D eigenvalue weighted by Gasteiger charge is 2.43. The van der Waals surface area contributed by atoms with Crippen molar-refractivity contribution in [2.45, 2.75) is 50.6 Å².